The van der Waals surface area contributed by atoms with Crippen LogP contribution in [0.15, 0.2) is 0 Å². The first-order valence-corrected chi connectivity index (χ1v) is 5.74. The highest BCUT2D eigenvalue weighted by atomic mass is 16.1. The molecular weight excluding hydrogens is 160 g/mol. The summed E-state index contributed by atoms with van der Waals surface area (Å²) in [4.78, 5) is 12.1. The molecule has 0 radical (unpaired) electrons. The minimum atomic E-state index is 0.115. The zero-order chi connectivity index (χ0) is 9.05. The number of fused-ring (bicyclic) bond motifs is 2. The molecule has 2 bridgehead atoms. The summed E-state index contributed by atoms with van der Waals surface area (Å²) in [6.45, 7) is 2.25. The summed E-state index contributed by atoms with van der Waals surface area (Å²) in [6.07, 6.45) is 7.75. The van der Waals surface area contributed by atoms with Gasteiger partial charge in [-0.2, -0.15) is 0 Å². The fraction of sp³-hybridized carbons (Fsp3) is 0.917. The molecule has 13 heavy (non-hydrogen) atoms. The van der Waals surface area contributed by atoms with E-state index in [9.17, 15) is 4.79 Å². The predicted octanol–water partition coefficient (Wildman–Crippen LogP) is 2.79. The largest absolute Gasteiger partial charge is 0.299 e. The van der Waals surface area contributed by atoms with Crippen molar-refractivity contribution in [3.05, 3.63) is 0 Å². The van der Waals surface area contributed by atoms with Gasteiger partial charge in [-0.25, -0.2) is 0 Å². The lowest BCUT2D eigenvalue weighted by Crippen LogP contribution is -2.34. The Morgan fingerprint density at radius 2 is 2.08 bits per heavy atom. The lowest BCUT2D eigenvalue weighted by atomic mass is 9.70. The van der Waals surface area contributed by atoms with Crippen LogP contribution in [-0.2, 0) is 4.79 Å². The van der Waals surface area contributed by atoms with E-state index < -0.39 is 0 Å². The summed E-state index contributed by atoms with van der Waals surface area (Å²) in [5, 5.41) is 0. The maximum Gasteiger partial charge on any atom is 0.142 e. The molecule has 0 aliphatic heterocycles. The minimum Gasteiger partial charge on any atom is -0.299 e. The van der Waals surface area contributed by atoms with Crippen LogP contribution in [0.1, 0.15) is 45.4 Å². The Morgan fingerprint density at radius 3 is 2.62 bits per heavy atom. The molecule has 3 aliphatic rings. The van der Waals surface area contributed by atoms with Crippen molar-refractivity contribution in [2.75, 3.05) is 0 Å². The Kier molecular flexibility index (Phi) is 1.46. The van der Waals surface area contributed by atoms with E-state index in [-0.39, 0.29) is 5.41 Å². The van der Waals surface area contributed by atoms with Crippen LogP contribution in [0.5, 0.6) is 0 Å². The zero-order valence-corrected chi connectivity index (χ0v) is 8.38. The van der Waals surface area contributed by atoms with Gasteiger partial charge >= 0.3 is 0 Å². The van der Waals surface area contributed by atoms with Gasteiger partial charge in [0.2, 0.25) is 0 Å². The van der Waals surface area contributed by atoms with Gasteiger partial charge in [0.25, 0.3) is 0 Å². The molecule has 0 aromatic carbocycles. The van der Waals surface area contributed by atoms with Crippen molar-refractivity contribution in [3.8, 4) is 0 Å². The van der Waals surface area contributed by atoms with Gasteiger partial charge in [0.1, 0.15) is 5.78 Å². The molecule has 3 saturated carbocycles. The molecule has 0 unspecified atom stereocenters. The molecule has 3 atom stereocenters. The van der Waals surface area contributed by atoms with Gasteiger partial charge in [-0.15, -0.1) is 0 Å². The lowest BCUT2D eigenvalue weighted by Gasteiger charge is -2.32. The third-order valence-corrected chi connectivity index (χ3v) is 4.68. The highest BCUT2D eigenvalue weighted by Gasteiger charge is 2.55. The van der Waals surface area contributed by atoms with Crippen LogP contribution < -0.4 is 0 Å². The van der Waals surface area contributed by atoms with Crippen molar-refractivity contribution in [3.63, 3.8) is 0 Å². The molecule has 1 nitrogen and oxygen atoms in total. The fourth-order valence-corrected chi connectivity index (χ4v) is 3.65. The quantitative estimate of drug-likeness (QED) is 0.635. The summed E-state index contributed by atoms with van der Waals surface area (Å²) in [5.41, 5.74) is 0.115. The Labute approximate surface area is 79.9 Å². The summed E-state index contributed by atoms with van der Waals surface area (Å²) in [5.74, 6) is 2.75. The molecule has 0 heterocycles. The number of carbonyl (C=O) groups is 1. The van der Waals surface area contributed by atoms with Crippen molar-refractivity contribution in [1.82, 2.24) is 0 Å². The molecule has 1 heteroatoms. The van der Waals surface area contributed by atoms with Gasteiger partial charge in [0.05, 0.1) is 0 Å². The lowest BCUT2D eigenvalue weighted by molar-refractivity contribution is -0.132. The topological polar surface area (TPSA) is 17.1 Å². The number of hydrogen-bond acceptors (Lipinski definition) is 1. The van der Waals surface area contributed by atoms with E-state index in [4.69, 9.17) is 0 Å². The molecule has 3 fully saturated rings. The van der Waals surface area contributed by atoms with E-state index in [1.165, 1.54) is 38.5 Å². The Bertz CT molecular complexity index is 254. The van der Waals surface area contributed by atoms with E-state index in [0.717, 1.165) is 11.8 Å². The molecule has 72 valence electrons. The van der Waals surface area contributed by atoms with Crippen LogP contribution in [0.2, 0.25) is 0 Å². The maximum absolute atomic E-state index is 12.1. The second-order valence-corrected chi connectivity index (χ2v) is 5.64. The molecule has 0 amide bonds. The van der Waals surface area contributed by atoms with E-state index in [1.54, 1.807) is 0 Å². The first-order chi connectivity index (χ1) is 6.20. The summed E-state index contributed by atoms with van der Waals surface area (Å²) in [7, 11) is 0. The van der Waals surface area contributed by atoms with Gasteiger partial charge < -0.3 is 0 Å². The molecule has 0 spiro atoms. The van der Waals surface area contributed by atoms with E-state index >= 15 is 0 Å². The van der Waals surface area contributed by atoms with Crippen LogP contribution in [-0.4, -0.2) is 5.78 Å². The summed E-state index contributed by atoms with van der Waals surface area (Å²) >= 11 is 0. The predicted molar refractivity (Wildman–Crippen MR) is 51.3 cm³/mol. The van der Waals surface area contributed by atoms with E-state index in [1.807, 2.05) is 0 Å². The smallest absolute Gasteiger partial charge is 0.142 e. The first kappa shape index (κ1) is 8.02. The van der Waals surface area contributed by atoms with Crippen LogP contribution in [0.4, 0.5) is 0 Å². The maximum atomic E-state index is 12.1. The molecule has 0 saturated heterocycles. The van der Waals surface area contributed by atoms with Gasteiger partial charge in [-0.1, -0.05) is 19.8 Å². The van der Waals surface area contributed by atoms with Gasteiger partial charge in [-0.05, 0) is 37.5 Å². The second kappa shape index (κ2) is 2.37. The summed E-state index contributed by atoms with van der Waals surface area (Å²) < 4.78 is 0. The standard InChI is InChI=1S/C12H18O/c1-12(7-8-2-3-8)10-5-4-9(6-10)11(12)13/h8-10H,2-7H2,1H3/t9-,10+,12+/m1/s1. The van der Waals surface area contributed by atoms with Crippen LogP contribution >= 0.6 is 0 Å². The second-order valence-electron chi connectivity index (χ2n) is 5.64. The third-order valence-electron chi connectivity index (χ3n) is 4.68. The third kappa shape index (κ3) is 1.02. The average molecular weight is 178 g/mol. The number of rotatable bonds is 2. The van der Waals surface area contributed by atoms with Crippen molar-refractivity contribution in [2.24, 2.45) is 23.2 Å². The highest BCUT2D eigenvalue weighted by molar-refractivity contribution is 5.90. The number of Topliss-reactive ketones (excluding diaryl/α,β-unsaturated/α-hetero) is 1. The van der Waals surface area contributed by atoms with Gasteiger partial charge in [-0.3, -0.25) is 4.79 Å². The summed E-state index contributed by atoms with van der Waals surface area (Å²) in [6, 6.07) is 0. The van der Waals surface area contributed by atoms with Gasteiger partial charge in [0.15, 0.2) is 0 Å². The van der Waals surface area contributed by atoms with E-state index in [0.29, 0.717) is 11.7 Å². The Morgan fingerprint density at radius 1 is 1.31 bits per heavy atom. The minimum absolute atomic E-state index is 0.115. The van der Waals surface area contributed by atoms with Crippen molar-refractivity contribution in [2.45, 2.75) is 45.4 Å². The molecule has 0 N–H and O–H groups in total. The van der Waals surface area contributed by atoms with E-state index in [2.05, 4.69) is 6.92 Å². The Balaban J connectivity index is 1.84. The normalized spacial score (nSPS) is 48.8. The molecular formula is C12H18O. The first-order valence-electron chi connectivity index (χ1n) is 5.74. The molecule has 0 aromatic rings. The van der Waals surface area contributed by atoms with Crippen LogP contribution in [0, 0.1) is 23.2 Å². The highest BCUT2D eigenvalue weighted by Crippen LogP contribution is 2.57. The van der Waals surface area contributed by atoms with Crippen molar-refractivity contribution < 1.29 is 4.79 Å². The number of hydrogen-bond donors (Lipinski definition) is 0. The van der Waals surface area contributed by atoms with Crippen LogP contribution in [0.3, 0.4) is 0 Å². The van der Waals surface area contributed by atoms with Crippen LogP contribution in [0.25, 0.3) is 0 Å². The number of ketones is 1. The molecule has 0 aromatic heterocycles. The zero-order valence-electron chi connectivity index (χ0n) is 8.38. The SMILES string of the molecule is C[C@@]1(CC2CC2)C(=O)[C@@H]2CC[C@H]1C2. The molecule has 3 aliphatic carbocycles. The van der Waals surface area contributed by atoms with Gasteiger partial charge in [0, 0.05) is 11.3 Å². The molecule has 3 rings (SSSR count). The number of carbonyl (C=O) groups excluding carboxylic acids is 1. The Hall–Kier alpha value is -0.330. The fourth-order valence-electron chi connectivity index (χ4n) is 3.65. The van der Waals surface area contributed by atoms with Crippen molar-refractivity contribution >= 4 is 5.78 Å². The monoisotopic (exact) mass is 178 g/mol. The van der Waals surface area contributed by atoms with Crippen molar-refractivity contribution in [1.29, 1.82) is 0 Å². The average Bonchev–Trinajstić information content (AvgIpc) is 2.72.